The van der Waals surface area contributed by atoms with Gasteiger partial charge < -0.3 is 15.0 Å². The van der Waals surface area contributed by atoms with E-state index < -0.39 is 30.9 Å². The van der Waals surface area contributed by atoms with Crippen molar-refractivity contribution in [1.29, 1.82) is 0 Å². The summed E-state index contributed by atoms with van der Waals surface area (Å²) in [7, 11) is -5.72. The van der Waals surface area contributed by atoms with Crippen LogP contribution in [0, 0.1) is 10.1 Å². The summed E-state index contributed by atoms with van der Waals surface area (Å²) < 4.78 is 65.6. The molecule has 0 aliphatic carbocycles. The van der Waals surface area contributed by atoms with Crippen molar-refractivity contribution in [2.45, 2.75) is 10.4 Å². The van der Waals surface area contributed by atoms with Gasteiger partial charge in [0.05, 0.1) is 29.6 Å². The number of ether oxygens (including phenoxy) is 1. The largest absolute Gasteiger partial charge is 0.501 e. The van der Waals surface area contributed by atoms with E-state index >= 15 is 0 Å². The van der Waals surface area contributed by atoms with Crippen molar-refractivity contribution in [3.8, 4) is 0 Å². The molecule has 1 heterocycles. The van der Waals surface area contributed by atoms with Crippen LogP contribution in [0.5, 0.6) is 0 Å². The second-order valence-electron chi connectivity index (χ2n) is 5.23. The summed E-state index contributed by atoms with van der Waals surface area (Å²) in [4.78, 5) is 22.3. The summed E-state index contributed by atoms with van der Waals surface area (Å²) in [5.41, 5.74) is -6.73. The molecule has 0 spiro atoms. The highest BCUT2D eigenvalue weighted by atomic mass is 32.2. The number of anilines is 1. The quantitative estimate of drug-likeness (QED) is 0.585. The van der Waals surface area contributed by atoms with E-state index in [4.69, 9.17) is 4.74 Å². The van der Waals surface area contributed by atoms with Gasteiger partial charge in [-0.05, 0) is 12.1 Å². The van der Waals surface area contributed by atoms with E-state index in [-0.39, 0.29) is 18.1 Å². The summed E-state index contributed by atoms with van der Waals surface area (Å²) in [5, 5.41) is 13.5. The van der Waals surface area contributed by atoms with Gasteiger partial charge in [0, 0.05) is 19.2 Å². The predicted molar refractivity (Wildman–Crippen MR) is 82.2 cm³/mol. The van der Waals surface area contributed by atoms with Gasteiger partial charge in [-0.3, -0.25) is 14.9 Å². The topological polar surface area (TPSA) is 119 Å². The number of nitrogens with one attached hydrogen (secondary N) is 1. The Morgan fingerprint density at radius 2 is 1.92 bits per heavy atom. The smallest absolute Gasteiger partial charge is 0.378 e. The van der Waals surface area contributed by atoms with Gasteiger partial charge in [-0.2, -0.15) is 13.2 Å². The van der Waals surface area contributed by atoms with Crippen LogP contribution in [0.1, 0.15) is 0 Å². The van der Waals surface area contributed by atoms with Crippen LogP contribution in [0.4, 0.5) is 24.5 Å². The number of rotatable bonds is 5. The molecule has 2 rings (SSSR count). The first-order chi connectivity index (χ1) is 12.0. The van der Waals surface area contributed by atoms with Crippen LogP contribution in [0.15, 0.2) is 23.1 Å². The minimum atomic E-state index is -5.72. The number of alkyl halides is 3. The number of nitro benzene ring substituents is 1. The van der Waals surface area contributed by atoms with Crippen LogP contribution in [-0.4, -0.2) is 62.5 Å². The van der Waals surface area contributed by atoms with E-state index in [0.29, 0.717) is 38.4 Å². The average molecular weight is 397 g/mol. The molecule has 0 radical (unpaired) electrons. The Labute approximate surface area is 145 Å². The van der Waals surface area contributed by atoms with Gasteiger partial charge in [-0.1, -0.05) is 0 Å². The molecule has 1 saturated heterocycles. The fourth-order valence-electron chi connectivity index (χ4n) is 2.21. The van der Waals surface area contributed by atoms with E-state index in [1.54, 1.807) is 0 Å². The Morgan fingerprint density at radius 1 is 1.31 bits per heavy atom. The van der Waals surface area contributed by atoms with E-state index in [2.05, 4.69) is 5.32 Å². The third-order valence-corrected chi connectivity index (χ3v) is 5.06. The van der Waals surface area contributed by atoms with Crippen molar-refractivity contribution in [2.75, 3.05) is 38.2 Å². The molecule has 9 nitrogen and oxygen atoms in total. The molecule has 13 heteroatoms. The Morgan fingerprint density at radius 3 is 2.46 bits per heavy atom. The third-order valence-electron chi connectivity index (χ3n) is 3.57. The lowest BCUT2D eigenvalue weighted by atomic mass is 10.2. The molecule has 1 fully saturated rings. The van der Waals surface area contributed by atoms with Gasteiger partial charge in [0.15, 0.2) is 0 Å². The third kappa shape index (κ3) is 4.22. The summed E-state index contributed by atoms with van der Waals surface area (Å²) >= 11 is 0. The van der Waals surface area contributed by atoms with Crippen LogP contribution in [0.2, 0.25) is 0 Å². The standard InChI is InChI=1S/C13H14F3N3O6S/c14-13(15,16)26(23,24)9-1-2-10(11(7-9)19(21)22)17-8-12(20)18-3-5-25-6-4-18/h1-2,7,17H,3-6,8H2. The summed E-state index contributed by atoms with van der Waals surface area (Å²) in [5.74, 6) is -0.380. The zero-order valence-electron chi connectivity index (χ0n) is 13.2. The molecule has 0 unspecified atom stereocenters. The van der Waals surface area contributed by atoms with Gasteiger partial charge >= 0.3 is 5.51 Å². The molecule has 1 aliphatic rings. The normalized spacial score (nSPS) is 15.6. The highest BCUT2D eigenvalue weighted by molar-refractivity contribution is 7.92. The first-order valence-electron chi connectivity index (χ1n) is 7.23. The molecule has 1 aromatic rings. The molecule has 0 aromatic heterocycles. The monoisotopic (exact) mass is 397 g/mol. The Kier molecular flexibility index (Phi) is 5.71. The maximum Gasteiger partial charge on any atom is 0.501 e. The van der Waals surface area contributed by atoms with E-state index in [9.17, 15) is 36.5 Å². The molecule has 0 saturated carbocycles. The van der Waals surface area contributed by atoms with Gasteiger partial charge in [-0.25, -0.2) is 8.42 Å². The lowest BCUT2D eigenvalue weighted by Crippen LogP contribution is -2.43. The fraction of sp³-hybridized carbons (Fsp3) is 0.462. The molecular formula is C13H14F3N3O6S. The maximum absolute atomic E-state index is 12.6. The molecule has 0 bridgehead atoms. The van der Waals surface area contributed by atoms with Crippen LogP contribution in [0.3, 0.4) is 0 Å². The minimum absolute atomic E-state index is 0.266. The van der Waals surface area contributed by atoms with Gasteiger partial charge in [0.1, 0.15) is 5.69 Å². The highest BCUT2D eigenvalue weighted by Gasteiger charge is 2.47. The molecular weight excluding hydrogens is 383 g/mol. The lowest BCUT2D eigenvalue weighted by molar-refractivity contribution is -0.384. The number of nitro groups is 1. The van der Waals surface area contributed by atoms with Gasteiger partial charge in [-0.15, -0.1) is 0 Å². The minimum Gasteiger partial charge on any atom is -0.378 e. The van der Waals surface area contributed by atoms with Gasteiger partial charge in [0.25, 0.3) is 15.5 Å². The second-order valence-corrected chi connectivity index (χ2v) is 7.17. The number of amides is 1. The van der Waals surface area contributed by atoms with Crippen LogP contribution in [0.25, 0.3) is 0 Å². The summed E-state index contributed by atoms with van der Waals surface area (Å²) in [6.45, 7) is 1.08. The van der Waals surface area contributed by atoms with Crippen molar-refractivity contribution < 1.29 is 36.0 Å². The zero-order chi connectivity index (χ0) is 19.5. The fourth-order valence-corrected chi connectivity index (χ4v) is 2.99. The van der Waals surface area contributed by atoms with Crippen molar-refractivity contribution in [3.05, 3.63) is 28.3 Å². The maximum atomic E-state index is 12.6. The zero-order valence-corrected chi connectivity index (χ0v) is 14.0. The highest BCUT2D eigenvalue weighted by Crippen LogP contribution is 2.34. The first-order valence-corrected chi connectivity index (χ1v) is 8.71. The number of morpholine rings is 1. The van der Waals surface area contributed by atoms with Gasteiger partial charge in [0.2, 0.25) is 5.91 Å². The number of halogens is 3. The second kappa shape index (κ2) is 7.45. The SMILES string of the molecule is O=C(CNc1ccc(S(=O)(=O)C(F)(F)F)cc1[N+](=O)[O-])N1CCOCC1. The number of hydrogen-bond donors (Lipinski definition) is 1. The molecule has 26 heavy (non-hydrogen) atoms. The summed E-state index contributed by atoms with van der Waals surface area (Å²) in [6, 6.07) is 1.73. The number of hydrogen-bond acceptors (Lipinski definition) is 7. The van der Waals surface area contributed by atoms with E-state index in [1.165, 1.54) is 4.90 Å². The van der Waals surface area contributed by atoms with Crippen molar-refractivity contribution in [1.82, 2.24) is 4.90 Å². The number of carbonyl (C=O) groups is 1. The lowest BCUT2D eigenvalue weighted by Gasteiger charge is -2.27. The van der Waals surface area contributed by atoms with Crippen LogP contribution < -0.4 is 5.32 Å². The van der Waals surface area contributed by atoms with Crippen LogP contribution >= 0.6 is 0 Å². The van der Waals surface area contributed by atoms with Crippen molar-refractivity contribution >= 4 is 27.1 Å². The summed E-state index contributed by atoms with van der Waals surface area (Å²) in [6.07, 6.45) is 0. The molecule has 1 aromatic carbocycles. The number of benzene rings is 1. The Bertz CT molecular complexity index is 806. The molecule has 1 N–H and O–H groups in total. The number of sulfone groups is 1. The number of nitrogens with zero attached hydrogens (tertiary/aromatic N) is 2. The van der Waals surface area contributed by atoms with Crippen LogP contribution in [-0.2, 0) is 19.4 Å². The number of carbonyl (C=O) groups excluding carboxylic acids is 1. The van der Waals surface area contributed by atoms with Crippen molar-refractivity contribution in [3.63, 3.8) is 0 Å². The van der Waals surface area contributed by atoms with Crippen molar-refractivity contribution in [2.24, 2.45) is 0 Å². The molecule has 1 amide bonds. The van der Waals surface area contributed by atoms with E-state index in [1.807, 2.05) is 0 Å². The predicted octanol–water partition coefficient (Wildman–Crippen LogP) is 1.16. The molecule has 144 valence electrons. The van der Waals surface area contributed by atoms with E-state index in [0.717, 1.165) is 6.07 Å². The Hall–Kier alpha value is -2.41. The first kappa shape index (κ1) is 19.9. The molecule has 0 atom stereocenters. The molecule has 1 aliphatic heterocycles. The Balaban J connectivity index is 2.21. The average Bonchev–Trinajstić information content (AvgIpc) is 2.59.